The number of hydrogen-bond donors (Lipinski definition) is 1. The van der Waals surface area contributed by atoms with Crippen LogP contribution in [0.4, 0.5) is 10.1 Å². The molecule has 1 aliphatic rings. The highest BCUT2D eigenvalue weighted by molar-refractivity contribution is 7.91. The molecule has 0 saturated carbocycles. The Labute approximate surface area is 135 Å². The van der Waals surface area contributed by atoms with E-state index in [4.69, 9.17) is 0 Å². The summed E-state index contributed by atoms with van der Waals surface area (Å²) in [5.74, 6) is -0.380. The van der Waals surface area contributed by atoms with E-state index in [2.05, 4.69) is 5.32 Å². The average Bonchev–Trinajstić information content (AvgIpc) is 2.55. The number of anilines is 1. The van der Waals surface area contributed by atoms with Gasteiger partial charge in [-0.2, -0.15) is 0 Å². The minimum Gasteiger partial charge on any atom is -0.350 e. The van der Waals surface area contributed by atoms with Crippen LogP contribution in [0.2, 0.25) is 0 Å². The first-order valence-corrected chi connectivity index (χ1v) is 9.44. The highest BCUT2D eigenvalue weighted by atomic mass is 32.2. The lowest BCUT2D eigenvalue weighted by Gasteiger charge is -2.37. The molecule has 122 valence electrons. The number of sulfone groups is 1. The molecule has 6 heteroatoms. The van der Waals surface area contributed by atoms with Crippen molar-refractivity contribution >= 4 is 15.5 Å². The Hall–Kier alpha value is -1.92. The van der Waals surface area contributed by atoms with Crippen molar-refractivity contribution in [3.05, 3.63) is 54.3 Å². The molecule has 0 amide bonds. The second-order valence-electron chi connectivity index (χ2n) is 5.69. The van der Waals surface area contributed by atoms with E-state index >= 15 is 4.39 Å². The highest BCUT2D eigenvalue weighted by Crippen LogP contribution is 2.31. The van der Waals surface area contributed by atoms with Gasteiger partial charge in [0.2, 0.25) is 0 Å². The standard InChI is InChI=1S/C17H19FN2O2S/c1-23(21,22)16-12-19-10-11-20(16)15-9-5-8-14(17(15)18)13-6-3-2-4-7-13/h2-9,16,19H,10-12H2,1H3. The van der Waals surface area contributed by atoms with Gasteiger partial charge in [-0.25, -0.2) is 12.8 Å². The second-order valence-corrected chi connectivity index (χ2v) is 7.89. The molecule has 1 N–H and O–H groups in total. The Bertz CT molecular complexity index is 793. The maximum absolute atomic E-state index is 15.0. The Morgan fingerprint density at radius 2 is 1.87 bits per heavy atom. The molecule has 4 nitrogen and oxygen atoms in total. The van der Waals surface area contributed by atoms with Crippen LogP contribution in [0.3, 0.4) is 0 Å². The zero-order valence-corrected chi connectivity index (χ0v) is 13.7. The topological polar surface area (TPSA) is 49.4 Å². The first-order valence-electron chi connectivity index (χ1n) is 7.48. The molecule has 1 atom stereocenters. The van der Waals surface area contributed by atoms with Gasteiger partial charge < -0.3 is 10.2 Å². The van der Waals surface area contributed by atoms with Crippen LogP contribution >= 0.6 is 0 Å². The molecule has 1 heterocycles. The summed E-state index contributed by atoms with van der Waals surface area (Å²) in [5, 5.41) is 2.31. The third-order valence-corrected chi connectivity index (χ3v) is 5.47. The molecule has 0 radical (unpaired) electrons. The number of rotatable bonds is 3. The number of nitrogens with one attached hydrogen (secondary N) is 1. The molecule has 2 aromatic rings. The van der Waals surface area contributed by atoms with Crippen LogP contribution in [-0.4, -0.2) is 39.7 Å². The summed E-state index contributed by atoms with van der Waals surface area (Å²) in [6, 6.07) is 14.4. The number of nitrogens with zero attached hydrogens (tertiary/aromatic N) is 1. The summed E-state index contributed by atoms with van der Waals surface area (Å²) in [6.45, 7) is 1.38. The van der Waals surface area contributed by atoms with E-state index in [-0.39, 0.29) is 5.82 Å². The van der Waals surface area contributed by atoms with Gasteiger partial charge in [0.05, 0.1) is 5.69 Å². The van der Waals surface area contributed by atoms with E-state index in [1.807, 2.05) is 30.3 Å². The van der Waals surface area contributed by atoms with Crippen LogP contribution in [0.5, 0.6) is 0 Å². The van der Waals surface area contributed by atoms with Crippen molar-refractivity contribution < 1.29 is 12.8 Å². The molecule has 0 bridgehead atoms. The zero-order chi connectivity index (χ0) is 16.4. The summed E-state index contributed by atoms with van der Waals surface area (Å²) in [6.07, 6.45) is 1.19. The fourth-order valence-electron chi connectivity index (χ4n) is 2.92. The number of halogens is 1. The van der Waals surface area contributed by atoms with Crippen LogP contribution in [0.15, 0.2) is 48.5 Å². The SMILES string of the molecule is CS(=O)(=O)C1CNCCN1c1cccc(-c2ccccc2)c1F. The van der Waals surface area contributed by atoms with Gasteiger partial charge in [-0.15, -0.1) is 0 Å². The molecule has 0 aliphatic carbocycles. The molecular weight excluding hydrogens is 315 g/mol. The first kappa shape index (κ1) is 16.0. The molecule has 23 heavy (non-hydrogen) atoms. The maximum atomic E-state index is 15.0. The predicted molar refractivity (Wildman–Crippen MR) is 90.7 cm³/mol. The van der Waals surface area contributed by atoms with Crippen molar-refractivity contribution in [3.8, 4) is 11.1 Å². The van der Waals surface area contributed by atoms with Gasteiger partial charge in [0.15, 0.2) is 15.7 Å². The van der Waals surface area contributed by atoms with Crippen molar-refractivity contribution in [2.75, 3.05) is 30.8 Å². The zero-order valence-electron chi connectivity index (χ0n) is 12.9. The number of piperazine rings is 1. The normalized spacial score (nSPS) is 18.9. The Morgan fingerprint density at radius 3 is 2.57 bits per heavy atom. The predicted octanol–water partition coefficient (Wildman–Crippen LogP) is 2.27. The largest absolute Gasteiger partial charge is 0.350 e. The van der Waals surface area contributed by atoms with Crippen molar-refractivity contribution in [2.45, 2.75) is 5.37 Å². The summed E-state index contributed by atoms with van der Waals surface area (Å²) >= 11 is 0. The van der Waals surface area contributed by atoms with Crippen molar-refractivity contribution in [1.29, 1.82) is 0 Å². The first-order chi connectivity index (χ1) is 11.0. The monoisotopic (exact) mass is 334 g/mol. The lowest BCUT2D eigenvalue weighted by Crippen LogP contribution is -2.55. The minimum atomic E-state index is -3.32. The molecular formula is C17H19FN2O2S. The van der Waals surface area contributed by atoms with Crippen molar-refractivity contribution in [3.63, 3.8) is 0 Å². The molecule has 3 rings (SSSR count). The van der Waals surface area contributed by atoms with Gasteiger partial charge >= 0.3 is 0 Å². The van der Waals surface area contributed by atoms with Crippen LogP contribution in [0, 0.1) is 5.82 Å². The summed E-state index contributed by atoms with van der Waals surface area (Å²) in [4.78, 5) is 1.65. The van der Waals surface area contributed by atoms with Gasteiger partial charge in [-0.05, 0) is 11.6 Å². The van der Waals surface area contributed by atoms with Gasteiger partial charge in [0.25, 0.3) is 0 Å². The van der Waals surface area contributed by atoms with Crippen molar-refractivity contribution in [2.24, 2.45) is 0 Å². The van der Waals surface area contributed by atoms with Gasteiger partial charge in [0.1, 0.15) is 5.37 Å². The third kappa shape index (κ3) is 3.23. The summed E-state index contributed by atoms with van der Waals surface area (Å²) in [7, 11) is -3.32. The third-order valence-electron chi connectivity index (χ3n) is 4.06. The molecule has 1 aliphatic heterocycles. The van der Waals surface area contributed by atoms with E-state index in [1.54, 1.807) is 23.1 Å². The van der Waals surface area contributed by atoms with Gasteiger partial charge in [0, 0.05) is 31.5 Å². The summed E-state index contributed by atoms with van der Waals surface area (Å²) in [5.41, 5.74) is 1.59. The smallest absolute Gasteiger partial charge is 0.169 e. The highest BCUT2D eigenvalue weighted by Gasteiger charge is 2.32. The minimum absolute atomic E-state index is 0.299. The van der Waals surface area contributed by atoms with Crippen molar-refractivity contribution in [1.82, 2.24) is 5.32 Å². The average molecular weight is 334 g/mol. The molecule has 0 aromatic heterocycles. The quantitative estimate of drug-likeness (QED) is 0.935. The van der Waals surface area contributed by atoms with E-state index in [0.717, 1.165) is 5.56 Å². The molecule has 1 fully saturated rings. The van der Waals surface area contributed by atoms with E-state index in [0.29, 0.717) is 30.9 Å². The fourth-order valence-corrected chi connectivity index (χ4v) is 4.02. The Morgan fingerprint density at radius 1 is 1.13 bits per heavy atom. The fraction of sp³-hybridized carbons (Fsp3) is 0.294. The number of benzene rings is 2. The Kier molecular flexibility index (Phi) is 4.37. The molecule has 1 unspecified atom stereocenters. The van der Waals surface area contributed by atoms with E-state index in [1.165, 1.54) is 6.26 Å². The Balaban J connectivity index is 2.06. The van der Waals surface area contributed by atoms with Crippen LogP contribution in [0.25, 0.3) is 11.1 Å². The van der Waals surface area contributed by atoms with Crippen LogP contribution in [-0.2, 0) is 9.84 Å². The lowest BCUT2D eigenvalue weighted by atomic mass is 10.0. The lowest BCUT2D eigenvalue weighted by molar-refractivity contribution is 0.514. The van der Waals surface area contributed by atoms with Gasteiger partial charge in [-0.1, -0.05) is 42.5 Å². The van der Waals surface area contributed by atoms with E-state index < -0.39 is 15.2 Å². The number of hydrogen-bond acceptors (Lipinski definition) is 4. The molecule has 0 spiro atoms. The molecule has 1 saturated heterocycles. The van der Waals surface area contributed by atoms with Gasteiger partial charge in [-0.3, -0.25) is 0 Å². The van der Waals surface area contributed by atoms with E-state index in [9.17, 15) is 8.42 Å². The van der Waals surface area contributed by atoms with Crippen LogP contribution < -0.4 is 10.2 Å². The second kappa shape index (κ2) is 6.29. The molecule has 2 aromatic carbocycles. The van der Waals surface area contributed by atoms with Crippen LogP contribution in [0.1, 0.15) is 0 Å². The summed E-state index contributed by atoms with van der Waals surface area (Å²) < 4.78 is 39.1. The maximum Gasteiger partial charge on any atom is 0.169 e.